The van der Waals surface area contributed by atoms with E-state index in [0.717, 1.165) is 5.56 Å². The van der Waals surface area contributed by atoms with Gasteiger partial charge in [-0.05, 0) is 18.2 Å². The van der Waals surface area contributed by atoms with Gasteiger partial charge in [0.2, 0.25) is 21.8 Å². The number of benzene rings is 1. The Bertz CT molecular complexity index is 803. The number of nitrogens with one attached hydrogen (secondary N) is 2. The zero-order valence-electron chi connectivity index (χ0n) is 14.0. The van der Waals surface area contributed by atoms with E-state index in [4.69, 9.17) is 4.52 Å². The first-order valence-electron chi connectivity index (χ1n) is 7.50. The average Bonchev–Trinajstić information content (AvgIpc) is 2.99. The zero-order chi connectivity index (χ0) is 18.3. The molecular formula is C15H20N4O4S2. The fourth-order valence-corrected chi connectivity index (χ4v) is 3.40. The standard InChI is InChI=1S/C15H20N4O4S2/c1-11-18-14(19-23-11)8-24-9-15(20)17-7-12-3-5-13(6-4-12)10-25(21,22)16-2/h3-6,16H,7-10H2,1-2H3,(H,17,20). The van der Waals surface area contributed by atoms with Gasteiger partial charge in [-0.1, -0.05) is 29.4 Å². The molecule has 0 atom stereocenters. The lowest BCUT2D eigenvalue weighted by Crippen LogP contribution is -2.24. The molecule has 2 rings (SSSR count). The molecular weight excluding hydrogens is 364 g/mol. The number of rotatable bonds is 9. The third-order valence-corrected chi connectivity index (χ3v) is 5.48. The number of thioether (sulfide) groups is 1. The second-order valence-corrected chi connectivity index (χ2v) is 8.19. The molecule has 1 heterocycles. The van der Waals surface area contributed by atoms with E-state index in [9.17, 15) is 13.2 Å². The van der Waals surface area contributed by atoms with Crippen LogP contribution in [-0.4, -0.2) is 37.3 Å². The van der Waals surface area contributed by atoms with Crippen molar-refractivity contribution in [2.24, 2.45) is 0 Å². The lowest BCUT2D eigenvalue weighted by molar-refractivity contribution is -0.118. The van der Waals surface area contributed by atoms with E-state index in [1.165, 1.54) is 18.8 Å². The number of carbonyl (C=O) groups is 1. The smallest absolute Gasteiger partial charge is 0.230 e. The van der Waals surface area contributed by atoms with Crippen LogP contribution in [0.4, 0.5) is 0 Å². The van der Waals surface area contributed by atoms with Crippen molar-refractivity contribution in [1.29, 1.82) is 0 Å². The van der Waals surface area contributed by atoms with Crippen molar-refractivity contribution < 1.29 is 17.7 Å². The third kappa shape index (κ3) is 6.85. The van der Waals surface area contributed by atoms with E-state index in [0.29, 0.717) is 35.3 Å². The molecule has 0 saturated carbocycles. The Kier molecular flexibility index (Phi) is 6.97. The van der Waals surface area contributed by atoms with Crippen molar-refractivity contribution in [1.82, 2.24) is 20.2 Å². The predicted octanol–water partition coefficient (Wildman–Crippen LogP) is 0.977. The van der Waals surface area contributed by atoms with Gasteiger partial charge >= 0.3 is 0 Å². The van der Waals surface area contributed by atoms with Crippen LogP contribution in [0.15, 0.2) is 28.8 Å². The minimum absolute atomic E-state index is 0.0671. The summed E-state index contributed by atoms with van der Waals surface area (Å²) in [7, 11) is -1.90. The Labute approximate surface area is 150 Å². The first-order chi connectivity index (χ1) is 11.9. The summed E-state index contributed by atoms with van der Waals surface area (Å²) in [6.45, 7) is 2.10. The van der Waals surface area contributed by atoms with Crippen molar-refractivity contribution in [3.05, 3.63) is 47.1 Å². The molecule has 8 nitrogen and oxygen atoms in total. The van der Waals surface area contributed by atoms with Crippen molar-refractivity contribution in [2.45, 2.75) is 25.0 Å². The number of aryl methyl sites for hydroxylation is 1. The molecule has 25 heavy (non-hydrogen) atoms. The summed E-state index contributed by atoms with van der Waals surface area (Å²) in [6.07, 6.45) is 0. The van der Waals surface area contributed by atoms with Crippen LogP contribution in [0.5, 0.6) is 0 Å². The van der Waals surface area contributed by atoms with Gasteiger partial charge < -0.3 is 9.84 Å². The molecule has 1 aromatic heterocycles. The van der Waals surface area contributed by atoms with Gasteiger partial charge in [-0.15, -0.1) is 11.8 Å². The van der Waals surface area contributed by atoms with Crippen molar-refractivity contribution in [3.63, 3.8) is 0 Å². The molecule has 0 aliphatic heterocycles. The first-order valence-corrected chi connectivity index (χ1v) is 10.3. The van der Waals surface area contributed by atoms with Gasteiger partial charge in [0.25, 0.3) is 0 Å². The Balaban J connectivity index is 1.72. The minimum atomic E-state index is -3.28. The summed E-state index contributed by atoms with van der Waals surface area (Å²) in [5.41, 5.74) is 1.59. The van der Waals surface area contributed by atoms with Crippen molar-refractivity contribution >= 4 is 27.7 Å². The predicted molar refractivity (Wildman–Crippen MR) is 95.2 cm³/mol. The molecule has 0 fully saturated rings. The molecule has 0 aliphatic carbocycles. The molecule has 136 valence electrons. The number of sulfonamides is 1. The number of carbonyl (C=O) groups excluding carboxylic acids is 1. The quantitative estimate of drug-likeness (QED) is 0.662. The van der Waals surface area contributed by atoms with Gasteiger partial charge in [0, 0.05) is 13.5 Å². The molecule has 0 saturated heterocycles. The first kappa shape index (κ1) is 19.4. The fraction of sp³-hybridized carbons (Fsp3) is 0.400. The molecule has 2 N–H and O–H groups in total. The molecule has 1 aromatic carbocycles. The normalized spacial score (nSPS) is 11.4. The molecule has 0 unspecified atom stereocenters. The largest absolute Gasteiger partial charge is 0.351 e. The van der Waals surface area contributed by atoms with Crippen LogP contribution in [0, 0.1) is 6.92 Å². The van der Waals surface area contributed by atoms with Crippen LogP contribution in [0.2, 0.25) is 0 Å². The molecule has 0 bridgehead atoms. The van der Waals surface area contributed by atoms with Crippen LogP contribution in [0.1, 0.15) is 22.8 Å². The highest BCUT2D eigenvalue weighted by Gasteiger charge is 2.09. The number of amides is 1. The molecule has 10 heteroatoms. The number of aromatic nitrogens is 2. The van der Waals surface area contributed by atoms with Crippen molar-refractivity contribution in [3.8, 4) is 0 Å². The lowest BCUT2D eigenvalue weighted by Gasteiger charge is -2.07. The van der Waals surface area contributed by atoms with Gasteiger partial charge in [-0.2, -0.15) is 4.98 Å². The number of nitrogens with zero attached hydrogens (tertiary/aromatic N) is 2. The summed E-state index contributed by atoms with van der Waals surface area (Å²) < 4.78 is 30.1. The maximum atomic E-state index is 11.8. The van der Waals surface area contributed by atoms with Crippen LogP contribution in [0.3, 0.4) is 0 Å². The van der Waals surface area contributed by atoms with E-state index < -0.39 is 10.0 Å². The number of hydrogen-bond acceptors (Lipinski definition) is 7. The maximum Gasteiger partial charge on any atom is 0.230 e. The van der Waals surface area contributed by atoms with Crippen LogP contribution >= 0.6 is 11.8 Å². The van der Waals surface area contributed by atoms with Gasteiger partial charge in [-0.25, -0.2) is 13.1 Å². The lowest BCUT2D eigenvalue weighted by atomic mass is 10.1. The van der Waals surface area contributed by atoms with E-state index in [2.05, 4.69) is 20.2 Å². The molecule has 2 aromatic rings. The average molecular weight is 384 g/mol. The van der Waals surface area contributed by atoms with Gasteiger partial charge in [0.1, 0.15) is 0 Å². The highest BCUT2D eigenvalue weighted by atomic mass is 32.2. The second kappa shape index (κ2) is 8.97. The SMILES string of the molecule is CNS(=O)(=O)Cc1ccc(CNC(=O)CSCc2noc(C)n2)cc1. The summed E-state index contributed by atoms with van der Waals surface area (Å²) >= 11 is 1.40. The zero-order valence-corrected chi connectivity index (χ0v) is 15.6. The topological polar surface area (TPSA) is 114 Å². The Morgan fingerprint density at radius 1 is 1.24 bits per heavy atom. The van der Waals surface area contributed by atoms with Gasteiger partial charge in [-0.3, -0.25) is 4.79 Å². The minimum Gasteiger partial charge on any atom is -0.351 e. The molecule has 0 aliphatic rings. The highest BCUT2D eigenvalue weighted by Crippen LogP contribution is 2.10. The van der Waals surface area contributed by atoms with Crippen LogP contribution < -0.4 is 10.0 Å². The van der Waals surface area contributed by atoms with E-state index in [1.54, 1.807) is 31.2 Å². The maximum absolute atomic E-state index is 11.8. The molecule has 0 radical (unpaired) electrons. The Morgan fingerprint density at radius 3 is 2.52 bits per heavy atom. The second-order valence-electron chi connectivity index (χ2n) is 5.28. The monoisotopic (exact) mass is 384 g/mol. The molecule has 0 spiro atoms. The Hall–Kier alpha value is -1.91. The summed E-state index contributed by atoms with van der Waals surface area (Å²) in [6, 6.07) is 7.08. The number of hydrogen-bond donors (Lipinski definition) is 2. The Morgan fingerprint density at radius 2 is 1.92 bits per heavy atom. The van der Waals surface area contributed by atoms with E-state index in [1.807, 2.05) is 0 Å². The summed E-state index contributed by atoms with van der Waals surface area (Å²) in [5.74, 6) is 1.73. The van der Waals surface area contributed by atoms with E-state index in [-0.39, 0.29) is 11.7 Å². The highest BCUT2D eigenvalue weighted by molar-refractivity contribution is 7.99. The van der Waals surface area contributed by atoms with Crippen LogP contribution in [-0.2, 0) is 32.9 Å². The van der Waals surface area contributed by atoms with Crippen molar-refractivity contribution in [2.75, 3.05) is 12.8 Å². The van der Waals surface area contributed by atoms with Crippen LogP contribution in [0.25, 0.3) is 0 Å². The summed E-state index contributed by atoms with van der Waals surface area (Å²) in [4.78, 5) is 15.9. The van der Waals surface area contributed by atoms with Gasteiger partial charge in [0.05, 0.1) is 17.3 Å². The molecule has 1 amide bonds. The van der Waals surface area contributed by atoms with Gasteiger partial charge in [0.15, 0.2) is 5.82 Å². The summed E-state index contributed by atoms with van der Waals surface area (Å²) in [5, 5.41) is 6.57. The third-order valence-electron chi connectivity index (χ3n) is 3.21. The fourth-order valence-electron chi connectivity index (χ4n) is 1.93. The van der Waals surface area contributed by atoms with E-state index >= 15 is 0 Å².